The van der Waals surface area contributed by atoms with Crippen molar-refractivity contribution >= 4 is 39.9 Å². The van der Waals surface area contributed by atoms with Crippen LogP contribution in [0.2, 0.25) is 0 Å². The van der Waals surface area contributed by atoms with Crippen molar-refractivity contribution in [3.05, 3.63) is 49.9 Å². The summed E-state index contributed by atoms with van der Waals surface area (Å²) in [6.45, 7) is 3.55. The van der Waals surface area contributed by atoms with Gasteiger partial charge in [0.1, 0.15) is 10.5 Å². The summed E-state index contributed by atoms with van der Waals surface area (Å²) in [5.74, 6) is -0.197. The van der Waals surface area contributed by atoms with Crippen LogP contribution in [0.4, 0.5) is 5.82 Å². The Labute approximate surface area is 156 Å². The van der Waals surface area contributed by atoms with Gasteiger partial charge in [-0.2, -0.15) is 4.37 Å². The standard InChI is InChI=1S/C15H15N5O3S.CH2O2/c1-7-5-8(2)16-14-11(7)12(18-24-14)17-13(22)9-6-10(21)20(4)15(23)19(9)3;2-1-3/h5-6H,1-4H3,(H,17,18,22);1H,(H,2,3). The number of nitrogens with zero attached hydrogens (tertiary/aromatic N) is 4. The molecule has 0 aromatic carbocycles. The average Bonchev–Trinajstić information content (AvgIpc) is 2.99. The van der Waals surface area contributed by atoms with Crippen LogP contribution in [0.1, 0.15) is 21.7 Å². The van der Waals surface area contributed by atoms with Crippen molar-refractivity contribution in [2.45, 2.75) is 13.8 Å². The number of fused-ring (bicyclic) bond motifs is 1. The van der Waals surface area contributed by atoms with E-state index in [0.29, 0.717) is 5.82 Å². The summed E-state index contributed by atoms with van der Waals surface area (Å²) in [6.07, 6.45) is 0. The first-order valence-electron chi connectivity index (χ1n) is 7.61. The summed E-state index contributed by atoms with van der Waals surface area (Å²) in [4.78, 5) is 49.7. The third-order valence-electron chi connectivity index (χ3n) is 3.76. The Morgan fingerprint density at radius 2 is 1.85 bits per heavy atom. The molecule has 0 saturated carbocycles. The molecule has 11 heteroatoms. The summed E-state index contributed by atoms with van der Waals surface area (Å²) in [5, 5.41) is 10.3. The zero-order chi connectivity index (χ0) is 20.3. The van der Waals surface area contributed by atoms with Crippen molar-refractivity contribution in [3.8, 4) is 0 Å². The van der Waals surface area contributed by atoms with Crippen molar-refractivity contribution < 1.29 is 14.7 Å². The van der Waals surface area contributed by atoms with Crippen molar-refractivity contribution in [1.82, 2.24) is 18.5 Å². The van der Waals surface area contributed by atoms with E-state index in [4.69, 9.17) is 9.90 Å². The molecule has 0 aliphatic heterocycles. The lowest BCUT2D eigenvalue weighted by molar-refractivity contribution is -0.122. The number of hydrogen-bond acceptors (Lipinski definition) is 7. The van der Waals surface area contributed by atoms with Gasteiger partial charge >= 0.3 is 5.69 Å². The molecule has 10 nitrogen and oxygen atoms in total. The normalized spacial score (nSPS) is 10.2. The zero-order valence-electron chi connectivity index (χ0n) is 15.0. The number of carboxylic acid groups (broad SMARTS) is 1. The topological polar surface area (TPSA) is 136 Å². The van der Waals surface area contributed by atoms with Gasteiger partial charge in [0.25, 0.3) is 17.9 Å². The van der Waals surface area contributed by atoms with Crippen LogP contribution >= 0.6 is 11.5 Å². The molecule has 142 valence electrons. The second-order valence-corrected chi connectivity index (χ2v) is 6.37. The average molecular weight is 391 g/mol. The quantitative estimate of drug-likeness (QED) is 0.612. The predicted molar refractivity (Wildman–Crippen MR) is 100 cm³/mol. The van der Waals surface area contributed by atoms with Crippen LogP contribution in [-0.4, -0.2) is 36.0 Å². The van der Waals surface area contributed by atoms with Crippen molar-refractivity contribution in [3.63, 3.8) is 0 Å². The van der Waals surface area contributed by atoms with E-state index in [1.54, 1.807) is 0 Å². The van der Waals surface area contributed by atoms with Gasteiger partial charge in [-0.1, -0.05) is 0 Å². The number of rotatable bonds is 2. The number of pyridine rings is 1. The second kappa shape index (κ2) is 7.91. The van der Waals surface area contributed by atoms with Gasteiger partial charge in [0.15, 0.2) is 5.82 Å². The van der Waals surface area contributed by atoms with Crippen LogP contribution in [0.5, 0.6) is 0 Å². The Balaban J connectivity index is 0.000000817. The molecule has 0 aliphatic rings. The Hall–Kier alpha value is -3.34. The van der Waals surface area contributed by atoms with Crippen molar-refractivity contribution in [2.75, 3.05) is 5.32 Å². The number of aryl methyl sites for hydroxylation is 2. The minimum absolute atomic E-state index is 0.0260. The minimum atomic E-state index is -0.570. The summed E-state index contributed by atoms with van der Waals surface area (Å²) < 4.78 is 6.29. The lowest BCUT2D eigenvalue weighted by Gasteiger charge is -2.09. The molecule has 0 radical (unpaired) electrons. The van der Waals surface area contributed by atoms with E-state index in [0.717, 1.165) is 36.7 Å². The van der Waals surface area contributed by atoms with E-state index in [2.05, 4.69) is 14.7 Å². The maximum absolute atomic E-state index is 12.5. The summed E-state index contributed by atoms with van der Waals surface area (Å²) >= 11 is 1.18. The fraction of sp³-hybridized carbons (Fsp3) is 0.250. The highest BCUT2D eigenvalue weighted by molar-refractivity contribution is 7.13. The Kier molecular flexibility index (Phi) is 5.85. The van der Waals surface area contributed by atoms with Crippen molar-refractivity contribution in [1.29, 1.82) is 0 Å². The van der Waals surface area contributed by atoms with Crippen LogP contribution < -0.4 is 16.6 Å². The highest BCUT2D eigenvalue weighted by Crippen LogP contribution is 2.29. The number of carbonyl (C=O) groups is 2. The Bertz CT molecular complexity index is 1140. The molecular weight excluding hydrogens is 374 g/mol. The monoisotopic (exact) mass is 391 g/mol. The highest BCUT2D eigenvalue weighted by atomic mass is 32.1. The third kappa shape index (κ3) is 3.92. The molecule has 3 rings (SSSR count). The Morgan fingerprint density at radius 1 is 1.22 bits per heavy atom. The largest absolute Gasteiger partial charge is 0.483 e. The summed E-state index contributed by atoms with van der Waals surface area (Å²) in [6, 6.07) is 3.03. The molecule has 0 spiro atoms. The minimum Gasteiger partial charge on any atom is -0.483 e. The molecule has 0 unspecified atom stereocenters. The molecule has 0 atom stereocenters. The molecule has 0 bridgehead atoms. The van der Waals surface area contributed by atoms with Gasteiger partial charge in [0, 0.05) is 25.9 Å². The van der Waals surface area contributed by atoms with Gasteiger partial charge < -0.3 is 10.4 Å². The van der Waals surface area contributed by atoms with Crippen LogP contribution in [0.3, 0.4) is 0 Å². The molecule has 3 heterocycles. The third-order valence-corrected chi connectivity index (χ3v) is 4.50. The van der Waals surface area contributed by atoms with Gasteiger partial charge in [0.2, 0.25) is 0 Å². The molecular formula is C16H17N5O5S. The molecule has 0 aliphatic carbocycles. The molecule has 0 fully saturated rings. The van der Waals surface area contributed by atoms with Gasteiger partial charge in [-0.25, -0.2) is 9.78 Å². The number of aromatic nitrogens is 4. The fourth-order valence-electron chi connectivity index (χ4n) is 2.50. The smallest absolute Gasteiger partial charge is 0.331 e. The first kappa shape index (κ1) is 20.0. The fourth-order valence-corrected chi connectivity index (χ4v) is 3.35. The molecule has 0 saturated heterocycles. The molecule has 1 amide bonds. The van der Waals surface area contributed by atoms with Crippen molar-refractivity contribution in [2.24, 2.45) is 14.1 Å². The van der Waals surface area contributed by atoms with Crippen LogP contribution in [0.25, 0.3) is 10.2 Å². The van der Waals surface area contributed by atoms with E-state index >= 15 is 0 Å². The lowest BCUT2D eigenvalue weighted by atomic mass is 10.2. The number of anilines is 1. The number of nitrogens with one attached hydrogen (secondary N) is 1. The van der Waals surface area contributed by atoms with Crippen LogP contribution in [0.15, 0.2) is 21.7 Å². The number of carbonyl (C=O) groups excluding carboxylic acids is 1. The summed E-state index contributed by atoms with van der Waals surface area (Å²) in [7, 11) is 2.80. The molecule has 3 aromatic rings. The van der Waals surface area contributed by atoms with E-state index < -0.39 is 17.2 Å². The van der Waals surface area contributed by atoms with Crippen LogP contribution in [-0.2, 0) is 18.9 Å². The molecule has 2 N–H and O–H groups in total. The number of hydrogen-bond donors (Lipinski definition) is 2. The van der Waals surface area contributed by atoms with Gasteiger partial charge in [-0.3, -0.25) is 23.5 Å². The maximum Gasteiger partial charge on any atom is 0.331 e. The van der Waals surface area contributed by atoms with Gasteiger partial charge in [-0.05, 0) is 37.0 Å². The zero-order valence-corrected chi connectivity index (χ0v) is 15.8. The van der Waals surface area contributed by atoms with E-state index in [9.17, 15) is 14.4 Å². The first-order valence-corrected chi connectivity index (χ1v) is 8.38. The van der Waals surface area contributed by atoms with E-state index in [-0.39, 0.29) is 12.2 Å². The predicted octanol–water partition coefficient (Wildman–Crippen LogP) is 0.659. The van der Waals surface area contributed by atoms with Gasteiger partial charge in [0.05, 0.1) is 5.39 Å². The number of amides is 1. The lowest BCUT2D eigenvalue weighted by Crippen LogP contribution is -2.40. The van der Waals surface area contributed by atoms with E-state index in [1.807, 2.05) is 19.9 Å². The molecule has 3 aromatic heterocycles. The maximum atomic E-state index is 12.5. The molecule has 27 heavy (non-hydrogen) atoms. The second-order valence-electron chi connectivity index (χ2n) is 5.62. The van der Waals surface area contributed by atoms with E-state index in [1.165, 1.54) is 25.6 Å². The highest BCUT2D eigenvalue weighted by Gasteiger charge is 2.18. The SMILES string of the molecule is Cc1cc(C)c2c(NC(=O)c3cc(=O)n(C)c(=O)n3C)nsc2n1.O=CO. The Morgan fingerprint density at radius 3 is 2.48 bits per heavy atom. The first-order chi connectivity index (χ1) is 12.7. The summed E-state index contributed by atoms with van der Waals surface area (Å²) in [5.41, 5.74) is 0.681. The van der Waals surface area contributed by atoms with Crippen LogP contribution in [0, 0.1) is 13.8 Å². The van der Waals surface area contributed by atoms with Gasteiger partial charge in [-0.15, -0.1) is 0 Å².